The maximum absolute atomic E-state index is 12.2. The lowest BCUT2D eigenvalue weighted by atomic mass is 10.0. The number of carbonyl (C=O) groups is 2. The minimum atomic E-state index is -0.371. The first-order valence-corrected chi connectivity index (χ1v) is 17.9. The van der Waals surface area contributed by atoms with E-state index in [0.29, 0.717) is 25.4 Å². The number of esters is 2. The van der Waals surface area contributed by atoms with Gasteiger partial charge in [0.1, 0.15) is 11.5 Å². The van der Waals surface area contributed by atoms with Crippen LogP contribution in [0.5, 0.6) is 11.5 Å². The molecule has 0 heterocycles. The zero-order valence-corrected chi connectivity index (χ0v) is 28.8. The minimum absolute atomic E-state index is 0.238. The highest BCUT2D eigenvalue weighted by atomic mass is 16.5. The fraction of sp³-hybridized carbons (Fsp3) is 0.524. The van der Waals surface area contributed by atoms with Gasteiger partial charge in [-0.15, -0.1) is 0 Å². The Morgan fingerprint density at radius 3 is 1.68 bits per heavy atom. The summed E-state index contributed by atoms with van der Waals surface area (Å²) in [5, 5.41) is 0. The van der Waals surface area contributed by atoms with Gasteiger partial charge in [-0.25, -0.2) is 4.79 Å². The highest BCUT2D eigenvalue weighted by molar-refractivity contribution is 5.81. The smallest absolute Gasteiger partial charge is 0.330 e. The Labute approximate surface area is 284 Å². The molecule has 5 heteroatoms. The summed E-state index contributed by atoms with van der Waals surface area (Å²) in [4.78, 5) is 23.2. The average Bonchev–Trinajstić information content (AvgIpc) is 3.09. The van der Waals surface area contributed by atoms with Crippen LogP contribution in [0.2, 0.25) is 0 Å². The molecule has 0 fully saturated rings. The van der Waals surface area contributed by atoms with Gasteiger partial charge in [-0.1, -0.05) is 120 Å². The first-order valence-electron chi connectivity index (χ1n) is 17.9. The molecular formula is C42H56O5. The van der Waals surface area contributed by atoms with E-state index >= 15 is 0 Å². The van der Waals surface area contributed by atoms with Gasteiger partial charge in [0.05, 0.1) is 19.6 Å². The Morgan fingerprint density at radius 1 is 0.617 bits per heavy atom. The van der Waals surface area contributed by atoms with Crippen molar-refractivity contribution in [3.8, 4) is 46.3 Å². The van der Waals surface area contributed by atoms with Crippen LogP contribution in [0.3, 0.4) is 0 Å². The van der Waals surface area contributed by atoms with Crippen LogP contribution in [0, 0.1) is 23.7 Å². The van der Waals surface area contributed by atoms with Gasteiger partial charge in [0.15, 0.2) is 0 Å². The van der Waals surface area contributed by atoms with Gasteiger partial charge in [-0.2, -0.15) is 0 Å². The van der Waals surface area contributed by atoms with Crippen molar-refractivity contribution in [2.24, 2.45) is 0 Å². The molecule has 0 aliphatic carbocycles. The number of hydrogen-bond donors (Lipinski definition) is 0. The van der Waals surface area contributed by atoms with Crippen LogP contribution in [0.4, 0.5) is 0 Å². The molecule has 0 amide bonds. The summed E-state index contributed by atoms with van der Waals surface area (Å²) in [6.45, 7) is 6.73. The molecule has 0 unspecified atom stereocenters. The third-order valence-corrected chi connectivity index (χ3v) is 7.84. The molecular weight excluding hydrogens is 584 g/mol. The third kappa shape index (κ3) is 20.7. The first kappa shape index (κ1) is 39.2. The Kier molecular flexibility index (Phi) is 22.7. The molecule has 0 aromatic heterocycles. The average molecular weight is 641 g/mol. The van der Waals surface area contributed by atoms with Gasteiger partial charge in [-0.05, 0) is 79.3 Å². The molecule has 0 saturated carbocycles. The van der Waals surface area contributed by atoms with Crippen LogP contribution < -0.4 is 9.47 Å². The van der Waals surface area contributed by atoms with E-state index < -0.39 is 0 Å². The number of ether oxygens (including phenoxy) is 3. The molecule has 2 aromatic carbocycles. The van der Waals surface area contributed by atoms with Crippen molar-refractivity contribution in [1.82, 2.24) is 0 Å². The van der Waals surface area contributed by atoms with Crippen molar-refractivity contribution < 1.29 is 23.8 Å². The van der Waals surface area contributed by atoms with Gasteiger partial charge < -0.3 is 14.2 Å². The van der Waals surface area contributed by atoms with E-state index in [1.165, 1.54) is 76.7 Å². The summed E-state index contributed by atoms with van der Waals surface area (Å²) in [7, 11) is 0. The number of carbonyl (C=O) groups excluding carboxylic acids is 2. The summed E-state index contributed by atoms with van der Waals surface area (Å²) in [5.41, 5.74) is 2.08. The highest BCUT2D eigenvalue weighted by Gasteiger charge is 2.05. The zero-order valence-electron chi connectivity index (χ0n) is 28.8. The lowest BCUT2D eigenvalue weighted by Crippen LogP contribution is -2.06. The molecule has 0 N–H and O–H groups in total. The SMILES string of the molecule is C=CC(=O)OCCCCCCOc1ccc(-c2ccc(OC(=O)CCC#CC#CCCCCCCCCCCCCCC)cc2)cc1. The first-order chi connectivity index (χ1) is 23.1. The van der Waals surface area contributed by atoms with Gasteiger partial charge in [0, 0.05) is 18.9 Å². The fourth-order valence-corrected chi connectivity index (χ4v) is 5.05. The van der Waals surface area contributed by atoms with Crippen LogP contribution in [-0.2, 0) is 14.3 Å². The van der Waals surface area contributed by atoms with Gasteiger partial charge in [0.2, 0.25) is 0 Å². The number of benzene rings is 2. The quantitative estimate of drug-likeness (QED) is 0.0355. The summed E-state index contributed by atoms with van der Waals surface area (Å²) in [5.74, 6) is 12.6. The Balaban J connectivity index is 1.52. The molecule has 0 radical (unpaired) electrons. The van der Waals surface area contributed by atoms with Crippen molar-refractivity contribution in [3.63, 3.8) is 0 Å². The number of hydrogen-bond acceptors (Lipinski definition) is 5. The third-order valence-electron chi connectivity index (χ3n) is 7.84. The van der Waals surface area contributed by atoms with Crippen LogP contribution in [0.25, 0.3) is 11.1 Å². The van der Waals surface area contributed by atoms with Crippen molar-refractivity contribution in [1.29, 1.82) is 0 Å². The second-order valence-electron chi connectivity index (χ2n) is 11.9. The summed E-state index contributed by atoms with van der Waals surface area (Å²) in [6.07, 6.45) is 22.7. The maximum Gasteiger partial charge on any atom is 0.330 e. The van der Waals surface area contributed by atoms with Crippen LogP contribution >= 0.6 is 0 Å². The van der Waals surface area contributed by atoms with Crippen LogP contribution in [0.15, 0.2) is 61.2 Å². The van der Waals surface area contributed by atoms with Crippen molar-refractivity contribution >= 4 is 11.9 Å². The molecule has 0 aliphatic rings. The second-order valence-corrected chi connectivity index (χ2v) is 11.9. The van der Waals surface area contributed by atoms with Crippen molar-refractivity contribution in [3.05, 3.63) is 61.2 Å². The molecule has 5 nitrogen and oxygen atoms in total. The predicted octanol–water partition coefficient (Wildman–Crippen LogP) is 10.8. The molecule has 0 atom stereocenters. The topological polar surface area (TPSA) is 61.8 Å². The van der Waals surface area contributed by atoms with E-state index in [4.69, 9.17) is 14.2 Å². The lowest BCUT2D eigenvalue weighted by Gasteiger charge is -2.08. The predicted molar refractivity (Wildman–Crippen MR) is 193 cm³/mol. The highest BCUT2D eigenvalue weighted by Crippen LogP contribution is 2.25. The normalized spacial score (nSPS) is 10.2. The number of rotatable bonds is 25. The van der Waals surface area contributed by atoms with Crippen LogP contribution in [0.1, 0.15) is 129 Å². The summed E-state index contributed by atoms with van der Waals surface area (Å²) < 4.78 is 16.3. The Bertz CT molecular complexity index is 1250. The second kappa shape index (κ2) is 27.2. The molecule has 2 aromatic rings. The van der Waals surface area contributed by atoms with E-state index in [-0.39, 0.29) is 18.4 Å². The van der Waals surface area contributed by atoms with E-state index in [9.17, 15) is 9.59 Å². The molecule has 47 heavy (non-hydrogen) atoms. The largest absolute Gasteiger partial charge is 0.494 e. The van der Waals surface area contributed by atoms with Gasteiger partial charge >= 0.3 is 11.9 Å². The fourth-order valence-electron chi connectivity index (χ4n) is 5.05. The molecule has 2 rings (SSSR count). The zero-order chi connectivity index (χ0) is 33.6. The van der Waals surface area contributed by atoms with E-state index in [1.54, 1.807) is 0 Å². The summed E-state index contributed by atoms with van der Waals surface area (Å²) >= 11 is 0. The van der Waals surface area contributed by atoms with E-state index in [0.717, 1.165) is 55.4 Å². The van der Waals surface area contributed by atoms with Crippen molar-refractivity contribution in [2.75, 3.05) is 13.2 Å². The molecule has 0 spiro atoms. The maximum atomic E-state index is 12.2. The molecule has 254 valence electrons. The van der Waals surface area contributed by atoms with Crippen LogP contribution in [-0.4, -0.2) is 25.2 Å². The van der Waals surface area contributed by atoms with E-state index in [1.807, 2.05) is 48.5 Å². The molecule has 0 saturated heterocycles. The summed E-state index contributed by atoms with van der Waals surface area (Å²) in [6, 6.07) is 15.5. The number of unbranched alkanes of at least 4 members (excludes halogenated alkanes) is 15. The molecule has 0 aliphatic heterocycles. The van der Waals surface area contributed by atoms with Crippen molar-refractivity contribution in [2.45, 2.75) is 129 Å². The molecule has 0 bridgehead atoms. The van der Waals surface area contributed by atoms with Gasteiger partial charge in [-0.3, -0.25) is 4.79 Å². The standard InChI is InChI=1S/C42H56O5/c1-3-5-6-7-8-9-10-11-12-13-14-15-16-17-18-19-20-23-26-42(44)47-40-33-29-38(30-34-40)37-27-31-39(32-28-37)45-35-24-21-22-25-36-46-41(43)4-2/h4,27-34H,2-3,5-16,21-26,35-36H2,1H3. The lowest BCUT2D eigenvalue weighted by molar-refractivity contribution is -0.138. The Morgan fingerprint density at radius 2 is 1.11 bits per heavy atom. The minimum Gasteiger partial charge on any atom is -0.494 e. The van der Waals surface area contributed by atoms with E-state index in [2.05, 4.69) is 37.2 Å². The monoisotopic (exact) mass is 640 g/mol. The van der Waals surface area contributed by atoms with Gasteiger partial charge in [0.25, 0.3) is 0 Å². The Hall–Kier alpha value is -3.96.